The van der Waals surface area contributed by atoms with E-state index in [1.807, 2.05) is 0 Å². The lowest BCUT2D eigenvalue weighted by Crippen LogP contribution is -2.67. The van der Waals surface area contributed by atoms with Gasteiger partial charge in [-0.25, -0.2) is 0 Å². The molecule has 4 heterocycles. The van der Waals surface area contributed by atoms with E-state index in [2.05, 4.69) is 29.2 Å². The van der Waals surface area contributed by atoms with Gasteiger partial charge in [-0.3, -0.25) is 4.90 Å². The van der Waals surface area contributed by atoms with Gasteiger partial charge in [0.15, 0.2) is 0 Å². The van der Waals surface area contributed by atoms with E-state index in [0.29, 0.717) is 0 Å². The maximum absolute atomic E-state index is 3.76. The van der Waals surface area contributed by atoms with Crippen molar-refractivity contribution >= 4 is 0 Å². The highest BCUT2D eigenvalue weighted by atomic mass is 15.3. The molecule has 4 aliphatic rings. The molecule has 4 bridgehead atoms. The van der Waals surface area contributed by atoms with E-state index in [4.69, 9.17) is 0 Å². The van der Waals surface area contributed by atoms with Crippen LogP contribution in [0.1, 0.15) is 25.7 Å². The molecule has 0 amide bonds. The molecule has 0 unspecified atom stereocenters. The largest absolute Gasteiger partial charge is 0.311 e. The molecule has 3 heteroatoms. The summed E-state index contributed by atoms with van der Waals surface area (Å²) in [6, 6.07) is 3.49. The minimum Gasteiger partial charge on any atom is -0.311 e. The lowest BCUT2D eigenvalue weighted by atomic mass is 9.74. The quantitative estimate of drug-likeness (QED) is 0.731. The molecule has 4 saturated heterocycles. The topological polar surface area (TPSA) is 18.5 Å². The summed E-state index contributed by atoms with van der Waals surface area (Å²) in [4.78, 5) is 5.11. The van der Waals surface area contributed by atoms with Crippen LogP contribution in [0.5, 0.6) is 0 Å². The van der Waals surface area contributed by atoms with Crippen LogP contribution in [0, 0.1) is 0 Å². The number of nitrogens with zero attached hydrogens (tertiary/aromatic N) is 2. The van der Waals surface area contributed by atoms with Crippen LogP contribution >= 0.6 is 0 Å². The Kier molecular flexibility index (Phi) is 2.49. The molecule has 3 nitrogen and oxygen atoms in total. The third-order valence-corrected chi connectivity index (χ3v) is 4.44. The van der Waals surface area contributed by atoms with Gasteiger partial charge in [0, 0.05) is 37.3 Å². The Morgan fingerprint density at radius 3 is 2.07 bits per heavy atom. The maximum Gasteiger partial charge on any atom is 0.0128 e. The highest BCUT2D eigenvalue weighted by molar-refractivity contribution is 5.05. The van der Waals surface area contributed by atoms with Crippen LogP contribution in [-0.4, -0.2) is 61.2 Å². The summed E-state index contributed by atoms with van der Waals surface area (Å²) in [5.41, 5.74) is 0. The molecule has 0 aromatic rings. The Morgan fingerprint density at radius 2 is 1.60 bits per heavy atom. The predicted molar refractivity (Wildman–Crippen MR) is 62.0 cm³/mol. The van der Waals surface area contributed by atoms with Crippen molar-refractivity contribution in [1.82, 2.24) is 15.1 Å². The zero-order chi connectivity index (χ0) is 10.4. The summed E-state index contributed by atoms with van der Waals surface area (Å²) in [7, 11) is 4.36. The van der Waals surface area contributed by atoms with Gasteiger partial charge in [0.25, 0.3) is 0 Å². The zero-order valence-corrected chi connectivity index (χ0v) is 9.95. The van der Waals surface area contributed by atoms with Gasteiger partial charge < -0.3 is 10.2 Å². The molecule has 4 aliphatic heterocycles. The molecule has 4 rings (SSSR count). The Balaban J connectivity index is 1.64. The number of hydrogen-bond acceptors (Lipinski definition) is 3. The van der Waals surface area contributed by atoms with Crippen LogP contribution in [0.3, 0.4) is 0 Å². The van der Waals surface area contributed by atoms with Crippen LogP contribution in [0.4, 0.5) is 0 Å². The SMILES string of the molecule is CN(C)CCN1C2CC3CC1CC(C2)N3. The van der Waals surface area contributed by atoms with Crippen molar-refractivity contribution in [2.75, 3.05) is 27.2 Å². The molecule has 0 radical (unpaired) electrons. The molecular formula is C12H23N3. The summed E-state index contributed by atoms with van der Waals surface area (Å²) in [6.07, 6.45) is 5.61. The standard InChI is InChI=1S/C12H23N3/c1-14(2)3-4-15-11-5-9-6-12(15)8-10(7-11)13-9/h9-13H,3-8H2,1-2H3. The van der Waals surface area contributed by atoms with Crippen LogP contribution in [-0.2, 0) is 0 Å². The second-order valence-electron chi connectivity index (χ2n) is 5.85. The highest BCUT2D eigenvalue weighted by Gasteiger charge is 2.46. The minimum atomic E-state index is 0.850. The molecular weight excluding hydrogens is 186 g/mol. The summed E-state index contributed by atoms with van der Waals surface area (Å²) in [6.45, 7) is 2.50. The first-order chi connectivity index (χ1) is 7.22. The fourth-order valence-electron chi connectivity index (χ4n) is 3.82. The molecule has 0 saturated carbocycles. The van der Waals surface area contributed by atoms with E-state index in [1.54, 1.807) is 0 Å². The average Bonchev–Trinajstić information content (AvgIpc) is 2.14. The predicted octanol–water partition coefficient (Wildman–Crippen LogP) is 0.515. The number of hydrogen-bond donors (Lipinski definition) is 1. The first-order valence-corrected chi connectivity index (χ1v) is 6.39. The van der Waals surface area contributed by atoms with E-state index >= 15 is 0 Å². The maximum atomic E-state index is 3.76. The molecule has 0 aromatic heterocycles. The van der Waals surface area contributed by atoms with Gasteiger partial charge in [0.2, 0.25) is 0 Å². The summed E-state index contributed by atoms with van der Waals surface area (Å²) in [5, 5.41) is 3.76. The molecule has 0 atom stereocenters. The third-order valence-electron chi connectivity index (χ3n) is 4.44. The normalized spacial score (nSPS) is 44.2. The third kappa shape index (κ3) is 1.81. The molecule has 0 aliphatic carbocycles. The monoisotopic (exact) mass is 209 g/mol. The number of nitrogens with one attached hydrogen (secondary N) is 1. The number of rotatable bonds is 3. The van der Waals surface area contributed by atoms with E-state index in [1.165, 1.54) is 38.8 Å². The van der Waals surface area contributed by atoms with Gasteiger partial charge in [0.1, 0.15) is 0 Å². The lowest BCUT2D eigenvalue weighted by molar-refractivity contribution is -0.0326. The molecule has 0 aromatic carbocycles. The smallest absolute Gasteiger partial charge is 0.0128 e. The Labute approximate surface area is 92.8 Å². The van der Waals surface area contributed by atoms with Crippen molar-refractivity contribution < 1.29 is 0 Å². The van der Waals surface area contributed by atoms with Crippen molar-refractivity contribution in [2.45, 2.75) is 49.9 Å². The van der Waals surface area contributed by atoms with Gasteiger partial charge >= 0.3 is 0 Å². The molecule has 1 N–H and O–H groups in total. The second kappa shape index (κ2) is 3.72. The van der Waals surface area contributed by atoms with Gasteiger partial charge in [-0.2, -0.15) is 0 Å². The number of piperidine rings is 4. The van der Waals surface area contributed by atoms with Crippen LogP contribution < -0.4 is 5.32 Å². The summed E-state index contributed by atoms with van der Waals surface area (Å²) in [5.74, 6) is 0. The van der Waals surface area contributed by atoms with E-state index in [9.17, 15) is 0 Å². The van der Waals surface area contributed by atoms with Crippen LogP contribution in [0.2, 0.25) is 0 Å². The molecule has 4 fully saturated rings. The van der Waals surface area contributed by atoms with E-state index in [0.717, 1.165) is 24.2 Å². The highest BCUT2D eigenvalue weighted by Crippen LogP contribution is 2.38. The van der Waals surface area contributed by atoms with E-state index < -0.39 is 0 Å². The van der Waals surface area contributed by atoms with Gasteiger partial charge in [-0.15, -0.1) is 0 Å². The van der Waals surface area contributed by atoms with Crippen molar-refractivity contribution in [3.05, 3.63) is 0 Å². The summed E-state index contributed by atoms with van der Waals surface area (Å²) < 4.78 is 0. The Morgan fingerprint density at radius 1 is 1.07 bits per heavy atom. The molecule has 0 spiro atoms. The fraction of sp³-hybridized carbons (Fsp3) is 1.00. The summed E-state index contributed by atoms with van der Waals surface area (Å²) >= 11 is 0. The number of likely N-dealkylation sites (N-methyl/N-ethyl adjacent to an activating group) is 1. The van der Waals surface area contributed by atoms with Crippen molar-refractivity contribution in [1.29, 1.82) is 0 Å². The Bertz CT molecular complexity index is 211. The zero-order valence-electron chi connectivity index (χ0n) is 9.95. The van der Waals surface area contributed by atoms with Crippen LogP contribution in [0.25, 0.3) is 0 Å². The second-order valence-corrected chi connectivity index (χ2v) is 5.85. The van der Waals surface area contributed by atoms with Crippen LogP contribution in [0.15, 0.2) is 0 Å². The van der Waals surface area contributed by atoms with Crippen molar-refractivity contribution in [2.24, 2.45) is 0 Å². The fourth-order valence-corrected chi connectivity index (χ4v) is 3.82. The average molecular weight is 209 g/mol. The van der Waals surface area contributed by atoms with Crippen molar-refractivity contribution in [3.63, 3.8) is 0 Å². The van der Waals surface area contributed by atoms with Crippen molar-refractivity contribution in [3.8, 4) is 0 Å². The van der Waals surface area contributed by atoms with Gasteiger partial charge in [-0.05, 0) is 39.8 Å². The first-order valence-electron chi connectivity index (χ1n) is 6.39. The minimum absolute atomic E-state index is 0.850. The molecule has 86 valence electrons. The lowest BCUT2D eigenvalue weighted by Gasteiger charge is -2.57. The van der Waals surface area contributed by atoms with Gasteiger partial charge in [0.05, 0.1) is 0 Å². The first kappa shape index (κ1) is 10.1. The Hall–Kier alpha value is -0.120. The van der Waals surface area contributed by atoms with Gasteiger partial charge in [-0.1, -0.05) is 0 Å². The van der Waals surface area contributed by atoms with E-state index in [-0.39, 0.29) is 0 Å². The molecule has 15 heavy (non-hydrogen) atoms.